The number of nitrogen functional groups attached to an aromatic ring is 1. The molecule has 0 radical (unpaired) electrons. The summed E-state index contributed by atoms with van der Waals surface area (Å²) < 4.78 is 44.6. The van der Waals surface area contributed by atoms with Gasteiger partial charge >= 0.3 is 0 Å². The first-order valence-electron chi connectivity index (χ1n) is 12.3. The van der Waals surface area contributed by atoms with Gasteiger partial charge in [-0.15, -0.1) is 0 Å². The molecule has 1 saturated heterocycles. The summed E-state index contributed by atoms with van der Waals surface area (Å²) in [7, 11) is -4.88. The number of piperidine rings is 1. The first-order chi connectivity index (χ1) is 17.9. The van der Waals surface area contributed by atoms with Crippen LogP contribution in [0.5, 0.6) is 0 Å². The molecule has 10 heteroatoms. The molecule has 8 nitrogen and oxygen atoms in total. The van der Waals surface area contributed by atoms with Crippen LogP contribution in [0.4, 0.5) is 5.69 Å². The summed E-state index contributed by atoms with van der Waals surface area (Å²) in [6.45, 7) is 1.51. The van der Waals surface area contributed by atoms with E-state index in [4.69, 9.17) is 5.73 Å². The van der Waals surface area contributed by atoms with Gasteiger partial charge in [0.15, 0.2) is 10.7 Å². The van der Waals surface area contributed by atoms with Crippen LogP contribution in [0.25, 0.3) is 22.2 Å². The molecule has 0 amide bonds. The molecule has 1 aliphatic rings. The van der Waals surface area contributed by atoms with Gasteiger partial charge in [-0.25, -0.2) is 21.8 Å². The smallest absolute Gasteiger partial charge is 0.153 e. The predicted octanol–water partition coefficient (Wildman–Crippen LogP) is 3.26. The zero-order valence-electron chi connectivity index (χ0n) is 20.3. The molecule has 0 unspecified atom stereocenters. The molecular weight excluding hydrogens is 508 g/mol. The van der Waals surface area contributed by atoms with E-state index >= 15 is 0 Å². The van der Waals surface area contributed by atoms with Gasteiger partial charge in [0, 0.05) is 28.9 Å². The van der Waals surface area contributed by atoms with Gasteiger partial charge in [-0.1, -0.05) is 30.3 Å². The van der Waals surface area contributed by atoms with Crippen LogP contribution in [0.1, 0.15) is 41.1 Å². The highest BCUT2D eigenvalue weighted by molar-refractivity contribution is 7.72. The van der Waals surface area contributed by atoms with Gasteiger partial charge < -0.3 is 10.7 Å². The van der Waals surface area contributed by atoms with Crippen molar-refractivity contribution in [2.75, 3.05) is 24.7 Å². The lowest BCUT2D eigenvalue weighted by atomic mass is 9.91. The van der Waals surface area contributed by atoms with Gasteiger partial charge in [0.05, 0.1) is 11.6 Å². The number of hydrogen-bond acceptors (Lipinski definition) is 7. The monoisotopic (exact) mass is 538 g/mol. The Hall–Kier alpha value is -3.21. The van der Waals surface area contributed by atoms with E-state index in [0.717, 1.165) is 70.5 Å². The minimum atomic E-state index is -2.48. The number of thiol groups is 2. The van der Waals surface area contributed by atoms with Crippen LogP contribution in [0.3, 0.4) is 0 Å². The quantitative estimate of drug-likeness (QED) is 0.200. The number of nitrogens with two attached hydrogens (primary N) is 1. The first kappa shape index (κ1) is 25.4. The predicted molar refractivity (Wildman–Crippen MR) is 148 cm³/mol. The van der Waals surface area contributed by atoms with Gasteiger partial charge in [-0.05, 0) is 84.4 Å². The topological polar surface area (TPSA) is 126 Å². The summed E-state index contributed by atoms with van der Waals surface area (Å²) in [4.78, 5) is 10.1. The van der Waals surface area contributed by atoms with Crippen molar-refractivity contribution in [2.45, 2.75) is 30.9 Å². The molecule has 5 rings (SSSR count). The highest BCUT2D eigenvalue weighted by Crippen LogP contribution is 2.36. The Morgan fingerprint density at radius 3 is 2.46 bits per heavy atom. The fourth-order valence-electron chi connectivity index (χ4n) is 5.26. The molecule has 194 valence electrons. The number of fused-ring (bicyclic) bond motifs is 1. The van der Waals surface area contributed by atoms with E-state index in [1.807, 2.05) is 53.4 Å². The molecule has 0 spiro atoms. The number of likely N-dealkylation sites (tertiary alicyclic amines) is 1. The minimum Gasteiger partial charge on any atom is -0.399 e. The van der Waals surface area contributed by atoms with E-state index in [1.54, 1.807) is 6.20 Å². The summed E-state index contributed by atoms with van der Waals surface area (Å²) in [6.07, 6.45) is 4.21. The van der Waals surface area contributed by atoms with Crippen LogP contribution in [0.2, 0.25) is 0 Å². The van der Waals surface area contributed by atoms with E-state index in [-0.39, 0.29) is 11.6 Å². The van der Waals surface area contributed by atoms with Crippen molar-refractivity contribution >= 4 is 38.1 Å². The Kier molecular flexibility index (Phi) is 7.59. The number of aromatic amines is 1. The third-order valence-corrected chi connectivity index (χ3v) is 8.27. The second kappa shape index (κ2) is 11.0. The van der Waals surface area contributed by atoms with Crippen LogP contribution in [0.15, 0.2) is 60.8 Å². The lowest BCUT2D eigenvalue weighted by molar-refractivity contribution is 0.241. The largest absolute Gasteiger partial charge is 0.399 e. The van der Waals surface area contributed by atoms with E-state index in [1.165, 1.54) is 0 Å². The Labute approximate surface area is 219 Å². The maximum absolute atomic E-state index is 11.2. The van der Waals surface area contributed by atoms with Gasteiger partial charge in [-0.2, -0.15) is 0 Å². The van der Waals surface area contributed by atoms with Crippen LogP contribution in [-0.4, -0.2) is 50.7 Å². The normalized spacial score (nSPS) is 15.2. The van der Waals surface area contributed by atoms with Gasteiger partial charge in [0.1, 0.15) is 16.4 Å². The maximum Gasteiger partial charge on any atom is 0.153 e. The van der Waals surface area contributed by atoms with E-state index in [0.29, 0.717) is 18.0 Å². The molecule has 1 fully saturated rings. The van der Waals surface area contributed by atoms with Crippen LogP contribution in [-0.2, 0) is 33.6 Å². The number of hydrogen-bond donors (Lipinski definition) is 4. The second-order valence-corrected chi connectivity index (χ2v) is 11.5. The average molecular weight is 539 g/mol. The van der Waals surface area contributed by atoms with Crippen molar-refractivity contribution < 1.29 is 16.8 Å². The zero-order valence-corrected chi connectivity index (χ0v) is 22.1. The molecule has 3 heterocycles. The van der Waals surface area contributed by atoms with E-state index < -0.39 is 21.4 Å². The number of aromatic nitrogens is 2. The Morgan fingerprint density at radius 2 is 1.70 bits per heavy atom. The standard InChI is InChI=1S/C27H30N4O4S2/c28-22-5-4-21(13-18-2-1-3-19(12-18)16-36(32)33)24(14-22)23-6-9-29-27-25(23)15-26(30-27)20-7-10-31(11-8-20)17-37(34)35/h1-6,9,12,14-15,20,36-37H,7-8,10-11,13,16-17,28H2,(H,29,30). The summed E-state index contributed by atoms with van der Waals surface area (Å²) in [5.74, 6) is 0.471. The van der Waals surface area contributed by atoms with Crippen molar-refractivity contribution in [1.82, 2.24) is 14.9 Å². The summed E-state index contributed by atoms with van der Waals surface area (Å²) in [6, 6.07) is 17.8. The van der Waals surface area contributed by atoms with Crippen LogP contribution >= 0.6 is 0 Å². The SMILES string of the molecule is Nc1ccc(Cc2cccc(C[SH](=O)=O)c2)c(-c2ccnc3[nH]c(C4CCN(C[SH](=O)=O)CC4)cc23)c1. The highest BCUT2D eigenvalue weighted by Gasteiger charge is 2.23. The molecule has 2 aromatic carbocycles. The molecule has 0 aliphatic carbocycles. The van der Waals surface area contributed by atoms with Crippen LogP contribution < -0.4 is 5.73 Å². The zero-order chi connectivity index (χ0) is 25.9. The number of nitrogens with zero attached hydrogens (tertiary/aromatic N) is 2. The number of pyridine rings is 1. The maximum atomic E-state index is 11.2. The Balaban J connectivity index is 1.46. The fraction of sp³-hybridized carbons (Fsp3) is 0.296. The van der Waals surface area contributed by atoms with Crippen molar-refractivity contribution in [3.8, 4) is 11.1 Å². The summed E-state index contributed by atoms with van der Waals surface area (Å²) in [5.41, 5.74) is 13.8. The minimum absolute atomic E-state index is 0.0308. The molecule has 0 atom stereocenters. The molecule has 4 aromatic rings. The van der Waals surface area contributed by atoms with Gasteiger partial charge in [0.2, 0.25) is 0 Å². The average Bonchev–Trinajstić information content (AvgIpc) is 3.30. The number of nitrogens with one attached hydrogen (secondary N) is 1. The molecule has 37 heavy (non-hydrogen) atoms. The number of anilines is 1. The summed E-state index contributed by atoms with van der Waals surface area (Å²) in [5, 5.41) is 1.02. The second-order valence-electron chi connectivity index (χ2n) is 9.62. The Bertz CT molecular complexity index is 1570. The number of rotatable bonds is 8. The van der Waals surface area contributed by atoms with Crippen LogP contribution in [0, 0.1) is 0 Å². The van der Waals surface area contributed by atoms with Crippen molar-refractivity contribution in [3.05, 3.63) is 83.2 Å². The fourth-order valence-corrected chi connectivity index (χ4v) is 6.36. The lowest BCUT2D eigenvalue weighted by Gasteiger charge is -2.29. The molecule has 3 N–H and O–H groups in total. The molecule has 1 aliphatic heterocycles. The summed E-state index contributed by atoms with van der Waals surface area (Å²) >= 11 is 0. The molecular formula is C27H30N4O4S2. The molecule has 0 saturated carbocycles. The highest BCUT2D eigenvalue weighted by atomic mass is 32.2. The van der Waals surface area contributed by atoms with Gasteiger partial charge in [0.25, 0.3) is 0 Å². The first-order valence-corrected chi connectivity index (χ1v) is 15.0. The molecule has 0 bridgehead atoms. The van der Waals surface area contributed by atoms with Crippen molar-refractivity contribution in [2.24, 2.45) is 0 Å². The van der Waals surface area contributed by atoms with Crippen molar-refractivity contribution in [3.63, 3.8) is 0 Å². The third kappa shape index (κ3) is 6.03. The van der Waals surface area contributed by atoms with Gasteiger partial charge in [-0.3, -0.25) is 4.90 Å². The van der Waals surface area contributed by atoms with Crippen molar-refractivity contribution in [1.29, 1.82) is 0 Å². The van der Waals surface area contributed by atoms with E-state index in [2.05, 4.69) is 16.0 Å². The van der Waals surface area contributed by atoms with E-state index in [9.17, 15) is 16.8 Å². The Morgan fingerprint density at radius 1 is 0.919 bits per heavy atom. The number of H-pyrrole nitrogens is 1. The lowest BCUT2D eigenvalue weighted by Crippen LogP contribution is -2.34. The molecule has 2 aromatic heterocycles. The number of benzene rings is 2. The third-order valence-electron chi connectivity index (χ3n) is 7.02.